The molecule has 0 spiro atoms. The number of piperidine rings is 1. The highest BCUT2D eigenvalue weighted by Gasteiger charge is 2.14. The number of nitrogens with zero attached hydrogens (tertiary/aromatic N) is 1. The minimum Gasteiger partial charge on any atom is -0.478 e. The van der Waals surface area contributed by atoms with Gasteiger partial charge >= 0.3 is 11.9 Å². The molecular weight excluding hydrogens is 453 g/mol. The van der Waals surface area contributed by atoms with Crippen molar-refractivity contribution in [2.75, 3.05) is 19.6 Å². The second-order valence-electron chi connectivity index (χ2n) is 7.34. The van der Waals surface area contributed by atoms with Crippen molar-refractivity contribution in [1.29, 1.82) is 0 Å². The molecule has 1 aromatic carbocycles. The summed E-state index contributed by atoms with van der Waals surface area (Å²) in [5, 5.41) is 15.6. The van der Waals surface area contributed by atoms with Crippen LogP contribution in [-0.2, 0) is 9.59 Å². The molecule has 2 aromatic rings. The van der Waals surface area contributed by atoms with Crippen LogP contribution in [0.4, 0.5) is 4.39 Å². The number of hydrogen-bond acceptors (Lipinski definition) is 4. The molecule has 8 heteroatoms. The number of carboxylic acid groups (broad SMARTS) is 2. The molecule has 0 amide bonds. The number of thiophene rings is 1. The van der Waals surface area contributed by atoms with Gasteiger partial charge in [0, 0.05) is 35.7 Å². The van der Waals surface area contributed by atoms with E-state index >= 15 is 0 Å². The average molecular weight is 480 g/mol. The number of hydrogen-bond donors (Lipinski definition) is 2. The Labute approximate surface area is 196 Å². The first kappa shape index (κ1) is 25.8. The van der Waals surface area contributed by atoms with E-state index in [2.05, 4.69) is 17.9 Å². The summed E-state index contributed by atoms with van der Waals surface area (Å²) in [6.07, 6.45) is 8.10. The van der Waals surface area contributed by atoms with Crippen LogP contribution in [0.1, 0.15) is 38.2 Å². The molecule has 2 heterocycles. The standard InChI is InChI=1S/C20H23ClFNS.C4H4O4/c1-2-3-10-23-11-8-15(9-12-23)13-16-4-5-17(22)14-18(16)19-6-7-20(21)24-19;5-3(6)1-2-4(7)8/h4-7,13-14H,2-3,8-12H2,1H3;1-2H,(H,5,6)(H,7,8)/b;2-1+. The lowest BCUT2D eigenvalue weighted by molar-refractivity contribution is -0.134. The Balaban J connectivity index is 0.000000390. The number of unbranched alkanes of at least 4 members (excludes halogenated alkanes) is 1. The maximum Gasteiger partial charge on any atom is 0.328 e. The fourth-order valence-corrected chi connectivity index (χ4v) is 4.36. The summed E-state index contributed by atoms with van der Waals surface area (Å²) < 4.78 is 14.5. The summed E-state index contributed by atoms with van der Waals surface area (Å²) in [7, 11) is 0. The van der Waals surface area contributed by atoms with Gasteiger partial charge in [-0.15, -0.1) is 11.3 Å². The van der Waals surface area contributed by atoms with Gasteiger partial charge in [0.05, 0.1) is 4.34 Å². The van der Waals surface area contributed by atoms with Crippen molar-refractivity contribution in [3.63, 3.8) is 0 Å². The van der Waals surface area contributed by atoms with Gasteiger partial charge in [-0.1, -0.05) is 42.7 Å². The molecule has 1 saturated heterocycles. The van der Waals surface area contributed by atoms with E-state index in [1.54, 1.807) is 12.1 Å². The topological polar surface area (TPSA) is 77.8 Å². The van der Waals surface area contributed by atoms with Crippen molar-refractivity contribution in [3.8, 4) is 10.4 Å². The normalized spacial score (nSPS) is 14.2. The zero-order valence-corrected chi connectivity index (χ0v) is 19.5. The van der Waals surface area contributed by atoms with Crippen LogP contribution in [0.3, 0.4) is 0 Å². The van der Waals surface area contributed by atoms with Gasteiger partial charge in [-0.2, -0.15) is 0 Å². The molecule has 0 aliphatic carbocycles. The minimum atomic E-state index is -1.26. The third-order valence-electron chi connectivity index (χ3n) is 4.91. The first-order valence-electron chi connectivity index (χ1n) is 10.4. The molecule has 0 radical (unpaired) electrons. The lowest BCUT2D eigenvalue weighted by Gasteiger charge is -2.28. The first-order valence-corrected chi connectivity index (χ1v) is 11.6. The van der Waals surface area contributed by atoms with Crippen molar-refractivity contribution in [2.24, 2.45) is 0 Å². The summed E-state index contributed by atoms with van der Waals surface area (Å²) in [4.78, 5) is 22.7. The molecule has 0 unspecified atom stereocenters. The average Bonchev–Trinajstić information content (AvgIpc) is 3.19. The highest BCUT2D eigenvalue weighted by atomic mass is 35.5. The van der Waals surface area contributed by atoms with Crippen LogP contribution in [-0.4, -0.2) is 46.7 Å². The second-order valence-corrected chi connectivity index (χ2v) is 9.06. The molecule has 3 rings (SSSR count). The minimum absolute atomic E-state index is 0.203. The summed E-state index contributed by atoms with van der Waals surface area (Å²) in [6, 6.07) is 8.88. The lowest BCUT2D eigenvalue weighted by atomic mass is 9.97. The number of halogens is 2. The molecule has 0 saturated carbocycles. The van der Waals surface area contributed by atoms with Crippen molar-refractivity contribution in [2.45, 2.75) is 32.6 Å². The third kappa shape index (κ3) is 8.94. The van der Waals surface area contributed by atoms with Crippen molar-refractivity contribution in [1.82, 2.24) is 4.90 Å². The Bertz CT molecular complexity index is 960. The van der Waals surface area contributed by atoms with Gasteiger partial charge in [-0.25, -0.2) is 14.0 Å². The van der Waals surface area contributed by atoms with Gasteiger partial charge in [-0.3, -0.25) is 0 Å². The largest absolute Gasteiger partial charge is 0.478 e. The molecule has 1 aliphatic heterocycles. The maximum absolute atomic E-state index is 13.7. The Hall–Kier alpha value is -2.48. The van der Waals surface area contributed by atoms with E-state index in [-0.39, 0.29) is 5.82 Å². The van der Waals surface area contributed by atoms with Crippen LogP contribution in [0.5, 0.6) is 0 Å². The van der Waals surface area contributed by atoms with Crippen LogP contribution < -0.4 is 0 Å². The third-order valence-corrected chi connectivity index (χ3v) is 6.17. The second kappa shape index (κ2) is 13.2. The number of benzene rings is 1. The van der Waals surface area contributed by atoms with Gasteiger partial charge < -0.3 is 15.1 Å². The predicted molar refractivity (Wildman–Crippen MR) is 128 cm³/mol. The molecule has 0 bridgehead atoms. The summed E-state index contributed by atoms with van der Waals surface area (Å²) in [5.41, 5.74) is 3.48. The highest BCUT2D eigenvalue weighted by Crippen LogP contribution is 2.35. The van der Waals surface area contributed by atoms with Crippen LogP contribution in [0, 0.1) is 5.82 Å². The first-order chi connectivity index (χ1) is 15.3. The van der Waals surface area contributed by atoms with Crippen molar-refractivity contribution in [3.05, 3.63) is 63.8 Å². The smallest absolute Gasteiger partial charge is 0.328 e. The van der Waals surface area contributed by atoms with Gasteiger partial charge in [-0.05, 0) is 55.6 Å². The lowest BCUT2D eigenvalue weighted by Crippen LogP contribution is -2.31. The monoisotopic (exact) mass is 479 g/mol. The fourth-order valence-electron chi connectivity index (χ4n) is 3.28. The number of likely N-dealkylation sites (tertiary alicyclic amines) is 1. The van der Waals surface area contributed by atoms with E-state index in [0.29, 0.717) is 12.2 Å². The Kier molecular flexibility index (Phi) is 10.6. The van der Waals surface area contributed by atoms with Crippen LogP contribution >= 0.6 is 22.9 Å². The summed E-state index contributed by atoms with van der Waals surface area (Å²) >= 11 is 7.55. The van der Waals surface area contributed by atoms with Crippen LogP contribution in [0.2, 0.25) is 4.34 Å². The summed E-state index contributed by atoms with van der Waals surface area (Å²) in [6.45, 7) is 5.71. The molecule has 1 aromatic heterocycles. The maximum atomic E-state index is 13.7. The Morgan fingerprint density at radius 1 is 1.12 bits per heavy atom. The van der Waals surface area contributed by atoms with E-state index in [1.807, 2.05) is 18.2 Å². The molecule has 1 fully saturated rings. The zero-order chi connectivity index (χ0) is 23.5. The zero-order valence-electron chi connectivity index (χ0n) is 17.9. The van der Waals surface area contributed by atoms with Crippen LogP contribution in [0.25, 0.3) is 16.5 Å². The van der Waals surface area contributed by atoms with Gasteiger partial charge in [0.2, 0.25) is 0 Å². The Morgan fingerprint density at radius 3 is 2.31 bits per heavy atom. The molecule has 172 valence electrons. The Morgan fingerprint density at radius 2 is 1.78 bits per heavy atom. The molecule has 32 heavy (non-hydrogen) atoms. The van der Waals surface area contributed by atoms with Gasteiger partial charge in [0.15, 0.2) is 0 Å². The van der Waals surface area contributed by atoms with Crippen molar-refractivity contribution < 1.29 is 24.2 Å². The van der Waals surface area contributed by atoms with E-state index in [1.165, 1.54) is 36.3 Å². The molecule has 5 nitrogen and oxygen atoms in total. The number of rotatable bonds is 7. The van der Waals surface area contributed by atoms with Crippen LogP contribution in [0.15, 0.2) is 48.1 Å². The number of carbonyl (C=O) groups is 2. The van der Waals surface area contributed by atoms with Gasteiger partial charge in [0.1, 0.15) is 5.82 Å². The van der Waals surface area contributed by atoms with E-state index in [4.69, 9.17) is 21.8 Å². The number of aliphatic carboxylic acids is 2. The highest BCUT2D eigenvalue weighted by molar-refractivity contribution is 7.19. The molecule has 1 aliphatic rings. The van der Waals surface area contributed by atoms with E-state index < -0.39 is 11.9 Å². The summed E-state index contributed by atoms with van der Waals surface area (Å²) in [5.74, 6) is -2.72. The van der Waals surface area contributed by atoms with E-state index in [9.17, 15) is 14.0 Å². The van der Waals surface area contributed by atoms with Gasteiger partial charge in [0.25, 0.3) is 0 Å². The molecule has 0 atom stereocenters. The quantitative estimate of drug-likeness (QED) is 0.462. The van der Waals surface area contributed by atoms with Crippen molar-refractivity contribution >= 4 is 41.0 Å². The van der Waals surface area contributed by atoms with E-state index in [0.717, 1.165) is 46.3 Å². The molecular formula is C24H27ClFNO4S. The predicted octanol–water partition coefficient (Wildman–Crippen LogP) is 6.20. The fraction of sp³-hybridized carbons (Fsp3) is 0.333. The number of carboxylic acids is 2. The molecule has 2 N–H and O–H groups in total. The SMILES string of the molecule is CCCCN1CCC(=Cc2ccc(F)cc2-c2ccc(Cl)s2)CC1.O=C(O)/C=C/C(=O)O.